The van der Waals surface area contributed by atoms with Gasteiger partial charge in [-0.25, -0.2) is 9.78 Å². The van der Waals surface area contributed by atoms with Gasteiger partial charge in [-0.3, -0.25) is 9.69 Å². The molecule has 0 unspecified atom stereocenters. The monoisotopic (exact) mass is 295 g/mol. The zero-order valence-corrected chi connectivity index (χ0v) is 13.2. The fourth-order valence-corrected chi connectivity index (χ4v) is 1.54. The van der Waals surface area contributed by atoms with E-state index in [2.05, 4.69) is 10.3 Å². The molecule has 0 spiro atoms. The topological polar surface area (TPSA) is 80.8 Å². The molecule has 21 heavy (non-hydrogen) atoms. The number of methoxy groups -OCH3 is 1. The fraction of sp³-hybridized carbons (Fsp3) is 0.500. The molecule has 1 heterocycles. The molecule has 2 amide bonds. The van der Waals surface area contributed by atoms with Crippen LogP contribution in [0.2, 0.25) is 0 Å². The van der Waals surface area contributed by atoms with E-state index in [1.807, 2.05) is 0 Å². The number of hydrogen-bond donors (Lipinski definition) is 1. The Balaban J connectivity index is 3.14. The molecule has 7 nitrogen and oxygen atoms in total. The van der Waals surface area contributed by atoms with Crippen LogP contribution in [-0.2, 0) is 4.74 Å². The van der Waals surface area contributed by atoms with Crippen LogP contribution in [0.3, 0.4) is 0 Å². The van der Waals surface area contributed by atoms with Crippen molar-refractivity contribution in [3.8, 4) is 5.88 Å². The Labute approximate surface area is 124 Å². The Bertz CT molecular complexity index is 538. The number of nitrogens with zero attached hydrogens (tertiary/aromatic N) is 2. The molecule has 1 aromatic rings. The molecular formula is C14H21N3O4. The molecular weight excluding hydrogens is 274 g/mol. The van der Waals surface area contributed by atoms with Crippen LogP contribution < -0.4 is 15.0 Å². The number of nitrogens with one attached hydrogen (secondary N) is 1. The van der Waals surface area contributed by atoms with E-state index in [9.17, 15) is 9.59 Å². The first kappa shape index (κ1) is 16.7. The normalized spacial score (nSPS) is 10.8. The average Bonchev–Trinajstić information content (AvgIpc) is 2.43. The summed E-state index contributed by atoms with van der Waals surface area (Å²) >= 11 is 0. The summed E-state index contributed by atoms with van der Waals surface area (Å²) < 4.78 is 10.4. The summed E-state index contributed by atoms with van der Waals surface area (Å²) in [5.74, 6) is -0.0694. The van der Waals surface area contributed by atoms with Crippen LogP contribution in [0.1, 0.15) is 31.1 Å². The first-order valence-electron chi connectivity index (χ1n) is 6.42. The minimum absolute atomic E-state index is 0.232. The third-order valence-electron chi connectivity index (χ3n) is 2.54. The molecule has 1 N–H and O–H groups in total. The number of amides is 2. The van der Waals surface area contributed by atoms with E-state index < -0.39 is 11.7 Å². The van der Waals surface area contributed by atoms with E-state index in [1.54, 1.807) is 20.8 Å². The maximum atomic E-state index is 12.1. The van der Waals surface area contributed by atoms with Gasteiger partial charge in [-0.2, -0.15) is 0 Å². The van der Waals surface area contributed by atoms with Crippen LogP contribution in [-0.4, -0.2) is 43.8 Å². The molecule has 0 saturated carbocycles. The molecule has 116 valence electrons. The van der Waals surface area contributed by atoms with Crippen molar-refractivity contribution in [2.24, 2.45) is 0 Å². The van der Waals surface area contributed by atoms with Gasteiger partial charge in [0.2, 0.25) is 5.88 Å². The summed E-state index contributed by atoms with van der Waals surface area (Å²) in [6, 6.07) is 1.52. The maximum Gasteiger partial charge on any atom is 0.414 e. The van der Waals surface area contributed by atoms with E-state index in [0.29, 0.717) is 11.3 Å². The van der Waals surface area contributed by atoms with Crippen molar-refractivity contribution in [3.05, 3.63) is 17.8 Å². The molecule has 0 aliphatic carbocycles. The lowest BCUT2D eigenvalue weighted by molar-refractivity contribution is 0.0588. The minimum atomic E-state index is -0.621. The van der Waals surface area contributed by atoms with Gasteiger partial charge in [0.1, 0.15) is 11.3 Å². The number of aromatic nitrogens is 1. The lowest BCUT2D eigenvalue weighted by atomic mass is 10.2. The Morgan fingerprint density at radius 1 is 1.33 bits per heavy atom. The molecule has 0 saturated heterocycles. The van der Waals surface area contributed by atoms with Gasteiger partial charge >= 0.3 is 6.09 Å². The Morgan fingerprint density at radius 2 is 1.95 bits per heavy atom. The lowest BCUT2D eigenvalue weighted by Gasteiger charge is -2.25. The quantitative estimate of drug-likeness (QED) is 0.920. The third-order valence-corrected chi connectivity index (χ3v) is 2.54. The highest BCUT2D eigenvalue weighted by atomic mass is 16.6. The van der Waals surface area contributed by atoms with Crippen LogP contribution >= 0.6 is 0 Å². The lowest BCUT2D eigenvalue weighted by Crippen LogP contribution is -2.34. The number of hydrogen-bond acceptors (Lipinski definition) is 5. The zero-order chi connectivity index (χ0) is 16.2. The first-order chi connectivity index (χ1) is 9.69. The van der Waals surface area contributed by atoms with Crippen molar-refractivity contribution in [2.75, 3.05) is 26.1 Å². The SMILES string of the molecule is CNC(=O)c1cnc(OC)c(N(C)C(=O)OC(C)(C)C)c1. The Morgan fingerprint density at radius 3 is 2.43 bits per heavy atom. The molecule has 0 radical (unpaired) electrons. The number of ether oxygens (including phenoxy) is 2. The molecule has 1 aromatic heterocycles. The molecule has 0 fully saturated rings. The van der Waals surface area contributed by atoms with Gasteiger partial charge in [0.25, 0.3) is 5.91 Å². The van der Waals surface area contributed by atoms with Gasteiger partial charge in [-0.05, 0) is 26.8 Å². The number of rotatable bonds is 3. The molecule has 0 atom stereocenters. The van der Waals surface area contributed by atoms with E-state index in [0.717, 1.165) is 0 Å². The minimum Gasteiger partial charge on any atom is -0.480 e. The average molecular weight is 295 g/mol. The molecule has 0 aromatic carbocycles. The molecule has 0 bridgehead atoms. The summed E-state index contributed by atoms with van der Waals surface area (Å²) in [7, 11) is 4.49. The van der Waals surface area contributed by atoms with Gasteiger partial charge in [-0.1, -0.05) is 0 Å². The van der Waals surface area contributed by atoms with E-state index in [1.165, 1.54) is 38.4 Å². The summed E-state index contributed by atoms with van der Waals surface area (Å²) in [5, 5.41) is 2.50. The van der Waals surface area contributed by atoms with E-state index >= 15 is 0 Å². The highest BCUT2D eigenvalue weighted by molar-refractivity contribution is 5.96. The molecule has 7 heteroatoms. The van der Waals surface area contributed by atoms with Crippen LogP contribution in [0, 0.1) is 0 Å². The number of pyridine rings is 1. The fourth-order valence-electron chi connectivity index (χ4n) is 1.54. The van der Waals surface area contributed by atoms with Crippen LogP contribution in [0.25, 0.3) is 0 Å². The van der Waals surface area contributed by atoms with Crippen molar-refractivity contribution in [3.63, 3.8) is 0 Å². The van der Waals surface area contributed by atoms with Crippen molar-refractivity contribution in [1.82, 2.24) is 10.3 Å². The summed E-state index contributed by atoms with van der Waals surface area (Å²) in [5.41, 5.74) is 0.0567. The predicted octanol–water partition coefficient (Wildman–Crippen LogP) is 1.82. The first-order valence-corrected chi connectivity index (χ1v) is 6.42. The standard InChI is InChI=1S/C14H21N3O4/c1-14(2,3)21-13(19)17(5)10-7-9(11(18)15-4)8-16-12(10)20-6/h7-8H,1-6H3,(H,15,18). The van der Waals surface area contributed by atoms with Crippen molar-refractivity contribution in [1.29, 1.82) is 0 Å². The second kappa shape index (κ2) is 6.43. The van der Waals surface area contributed by atoms with Gasteiger partial charge < -0.3 is 14.8 Å². The van der Waals surface area contributed by atoms with Crippen molar-refractivity contribution >= 4 is 17.7 Å². The summed E-state index contributed by atoms with van der Waals surface area (Å²) in [6.45, 7) is 5.32. The smallest absolute Gasteiger partial charge is 0.414 e. The van der Waals surface area contributed by atoms with Crippen molar-refractivity contribution in [2.45, 2.75) is 26.4 Å². The zero-order valence-electron chi connectivity index (χ0n) is 13.2. The molecule has 0 aliphatic heterocycles. The Kier molecular flexibility index (Phi) is 5.12. The van der Waals surface area contributed by atoms with Gasteiger partial charge in [0, 0.05) is 20.3 Å². The van der Waals surface area contributed by atoms with Gasteiger partial charge in [0.05, 0.1) is 12.7 Å². The van der Waals surface area contributed by atoms with E-state index in [4.69, 9.17) is 9.47 Å². The van der Waals surface area contributed by atoms with Crippen molar-refractivity contribution < 1.29 is 19.1 Å². The van der Waals surface area contributed by atoms with Crippen LogP contribution in [0.5, 0.6) is 5.88 Å². The second-order valence-electron chi connectivity index (χ2n) is 5.37. The number of anilines is 1. The highest BCUT2D eigenvalue weighted by Gasteiger charge is 2.24. The predicted molar refractivity (Wildman–Crippen MR) is 78.8 cm³/mol. The van der Waals surface area contributed by atoms with Crippen LogP contribution in [0.15, 0.2) is 12.3 Å². The molecule has 1 rings (SSSR count). The van der Waals surface area contributed by atoms with Gasteiger partial charge in [0.15, 0.2) is 0 Å². The molecule has 0 aliphatic rings. The van der Waals surface area contributed by atoms with Crippen LogP contribution in [0.4, 0.5) is 10.5 Å². The third kappa shape index (κ3) is 4.34. The van der Waals surface area contributed by atoms with E-state index in [-0.39, 0.29) is 11.8 Å². The largest absolute Gasteiger partial charge is 0.480 e. The van der Waals surface area contributed by atoms with Gasteiger partial charge in [-0.15, -0.1) is 0 Å². The second-order valence-corrected chi connectivity index (χ2v) is 5.37. The maximum absolute atomic E-state index is 12.1. The Hall–Kier alpha value is -2.31. The number of carbonyl (C=O) groups is 2. The summed E-state index contributed by atoms with van der Waals surface area (Å²) in [4.78, 5) is 29.0. The number of carbonyl (C=O) groups excluding carboxylic acids is 2. The highest BCUT2D eigenvalue weighted by Crippen LogP contribution is 2.27. The summed E-state index contributed by atoms with van der Waals surface area (Å²) in [6.07, 6.45) is 0.820.